The third kappa shape index (κ3) is 2.28. The fraction of sp³-hybridized carbons (Fsp3) is 0.353. The molecule has 2 aliphatic rings. The van der Waals surface area contributed by atoms with Gasteiger partial charge in [-0.25, -0.2) is 9.78 Å². The third-order valence-electron chi connectivity index (χ3n) is 4.73. The number of nitrogens with zero attached hydrogens (tertiary/aromatic N) is 3. The molecule has 0 aliphatic carbocycles. The van der Waals surface area contributed by atoms with Crippen LogP contribution < -0.4 is 15.5 Å². The second-order valence-electron chi connectivity index (χ2n) is 6.29. The highest BCUT2D eigenvalue weighted by Gasteiger charge is 2.27. The number of hydrogen-bond acceptors (Lipinski definition) is 4. The number of aromatic nitrogens is 2. The second kappa shape index (κ2) is 5.45. The monoisotopic (exact) mass is 325 g/mol. The van der Waals surface area contributed by atoms with E-state index in [2.05, 4.69) is 34.7 Å². The van der Waals surface area contributed by atoms with Crippen LogP contribution in [0.25, 0.3) is 11.4 Å². The summed E-state index contributed by atoms with van der Waals surface area (Å²) in [5.74, 6) is 1.26. The van der Waals surface area contributed by atoms with E-state index in [-0.39, 0.29) is 5.91 Å². The molecule has 3 amide bonds. The summed E-state index contributed by atoms with van der Waals surface area (Å²) in [5, 5.41) is 5.71. The first-order valence-corrected chi connectivity index (χ1v) is 8.01. The minimum absolute atomic E-state index is 0.236. The highest BCUT2D eigenvalue weighted by Crippen LogP contribution is 2.29. The number of rotatable bonds is 2. The molecule has 1 aromatic heterocycles. The molecule has 0 bridgehead atoms. The topological polar surface area (TPSA) is 79.3 Å². The molecule has 2 aliphatic heterocycles. The normalized spacial score (nSPS) is 17.2. The van der Waals surface area contributed by atoms with Gasteiger partial charge >= 0.3 is 6.03 Å². The van der Waals surface area contributed by atoms with Gasteiger partial charge in [0.05, 0.1) is 6.20 Å². The van der Waals surface area contributed by atoms with E-state index in [0.717, 1.165) is 24.5 Å². The van der Waals surface area contributed by atoms with E-state index < -0.39 is 6.03 Å². The minimum atomic E-state index is -0.393. The largest absolute Gasteiger partial charge is 0.329 e. The average molecular weight is 325 g/mol. The number of imide groups is 1. The number of urea groups is 1. The van der Waals surface area contributed by atoms with Crippen LogP contribution in [0.2, 0.25) is 0 Å². The molecule has 124 valence electrons. The van der Waals surface area contributed by atoms with Gasteiger partial charge in [-0.3, -0.25) is 15.0 Å². The first-order chi connectivity index (χ1) is 11.5. The highest BCUT2D eigenvalue weighted by atomic mass is 16.2. The number of amides is 3. The number of carbonyl (C=O) groups is 2. The molecule has 1 aromatic carbocycles. The maximum atomic E-state index is 12.1. The summed E-state index contributed by atoms with van der Waals surface area (Å²) in [4.78, 5) is 29.4. The molecule has 0 radical (unpaired) electrons. The van der Waals surface area contributed by atoms with Gasteiger partial charge in [-0.1, -0.05) is 0 Å². The van der Waals surface area contributed by atoms with Crippen LogP contribution in [0.15, 0.2) is 18.3 Å². The van der Waals surface area contributed by atoms with Crippen LogP contribution in [0, 0.1) is 6.92 Å². The zero-order chi connectivity index (χ0) is 16.8. The quantitative estimate of drug-likeness (QED) is 0.876. The van der Waals surface area contributed by atoms with Crippen molar-refractivity contribution in [3.8, 4) is 11.4 Å². The van der Waals surface area contributed by atoms with Gasteiger partial charge in [0.15, 0.2) is 0 Å². The summed E-state index contributed by atoms with van der Waals surface area (Å²) < 4.78 is 1.90. The van der Waals surface area contributed by atoms with Gasteiger partial charge in [0.25, 0.3) is 0 Å². The number of hydrogen-bond donors (Lipinski definition) is 2. The number of anilines is 1. The van der Waals surface area contributed by atoms with Gasteiger partial charge in [-0.05, 0) is 35.7 Å². The van der Waals surface area contributed by atoms with Crippen molar-refractivity contribution < 1.29 is 9.59 Å². The number of aryl methyl sites for hydroxylation is 1. The van der Waals surface area contributed by atoms with E-state index in [1.165, 1.54) is 16.7 Å². The summed E-state index contributed by atoms with van der Waals surface area (Å²) in [7, 11) is 1.89. The smallest absolute Gasteiger partial charge is 0.314 e. The molecule has 7 heteroatoms. The maximum Gasteiger partial charge on any atom is 0.329 e. The minimum Gasteiger partial charge on any atom is -0.314 e. The number of benzene rings is 1. The molecule has 3 heterocycles. The van der Waals surface area contributed by atoms with Crippen molar-refractivity contribution in [2.24, 2.45) is 7.05 Å². The molecule has 0 unspecified atom stereocenters. The molecule has 1 saturated heterocycles. The van der Waals surface area contributed by atoms with Crippen molar-refractivity contribution in [1.29, 1.82) is 0 Å². The van der Waals surface area contributed by atoms with E-state index in [1.807, 2.05) is 11.6 Å². The van der Waals surface area contributed by atoms with Crippen LogP contribution in [0.5, 0.6) is 0 Å². The molecular formula is C17H19N5O2. The third-order valence-corrected chi connectivity index (χ3v) is 4.73. The molecule has 24 heavy (non-hydrogen) atoms. The number of carbonyl (C=O) groups excluding carboxylic acids is 2. The van der Waals surface area contributed by atoms with E-state index in [4.69, 9.17) is 0 Å². The summed E-state index contributed by atoms with van der Waals surface area (Å²) in [6.07, 6.45) is 1.99. The van der Waals surface area contributed by atoms with E-state index in [0.29, 0.717) is 18.8 Å². The maximum absolute atomic E-state index is 12.1. The van der Waals surface area contributed by atoms with Crippen LogP contribution in [-0.2, 0) is 24.9 Å². The highest BCUT2D eigenvalue weighted by molar-refractivity contribution is 6.05. The van der Waals surface area contributed by atoms with Gasteiger partial charge in [-0.2, -0.15) is 0 Å². The van der Waals surface area contributed by atoms with Crippen molar-refractivity contribution >= 4 is 17.8 Å². The van der Waals surface area contributed by atoms with Crippen LogP contribution in [0.1, 0.15) is 23.1 Å². The first-order valence-electron chi connectivity index (χ1n) is 8.01. The Balaban J connectivity index is 1.72. The van der Waals surface area contributed by atoms with E-state index >= 15 is 0 Å². The lowest BCUT2D eigenvalue weighted by atomic mass is 10.0. The SMILES string of the molecule is Cc1cc(-c2ncc(N3CCC(=O)NC3=O)n2C)cc2c1CNC2. The first kappa shape index (κ1) is 14.9. The van der Waals surface area contributed by atoms with E-state index in [9.17, 15) is 9.59 Å². The Labute approximate surface area is 139 Å². The fourth-order valence-electron chi connectivity index (χ4n) is 3.45. The molecule has 7 nitrogen and oxygen atoms in total. The number of imidazole rings is 1. The molecule has 0 spiro atoms. The van der Waals surface area contributed by atoms with Crippen LogP contribution in [0.4, 0.5) is 10.6 Å². The molecular weight excluding hydrogens is 306 g/mol. The van der Waals surface area contributed by atoms with Crippen LogP contribution >= 0.6 is 0 Å². The predicted octanol–water partition coefficient (Wildman–Crippen LogP) is 1.45. The summed E-state index contributed by atoms with van der Waals surface area (Å²) in [6, 6.07) is 3.90. The average Bonchev–Trinajstić information content (AvgIpc) is 3.14. The van der Waals surface area contributed by atoms with Gasteiger partial charge < -0.3 is 9.88 Å². The Morgan fingerprint density at radius 3 is 2.83 bits per heavy atom. The van der Waals surface area contributed by atoms with Gasteiger partial charge in [0.2, 0.25) is 5.91 Å². The summed E-state index contributed by atoms with van der Waals surface area (Å²) in [6.45, 7) is 4.27. The Morgan fingerprint density at radius 1 is 1.21 bits per heavy atom. The van der Waals surface area contributed by atoms with Crippen molar-refractivity contribution in [3.05, 3.63) is 35.0 Å². The fourth-order valence-corrected chi connectivity index (χ4v) is 3.45. The van der Waals surface area contributed by atoms with Crippen molar-refractivity contribution in [2.75, 3.05) is 11.4 Å². The van der Waals surface area contributed by atoms with Gasteiger partial charge in [0, 0.05) is 38.7 Å². The van der Waals surface area contributed by atoms with Crippen molar-refractivity contribution in [2.45, 2.75) is 26.4 Å². The number of nitrogens with one attached hydrogen (secondary N) is 2. The Hall–Kier alpha value is -2.67. The molecule has 0 atom stereocenters. The molecule has 4 rings (SSSR count). The van der Waals surface area contributed by atoms with Gasteiger partial charge in [-0.15, -0.1) is 0 Å². The molecule has 2 N–H and O–H groups in total. The van der Waals surface area contributed by atoms with Crippen LogP contribution in [0.3, 0.4) is 0 Å². The molecule has 0 saturated carbocycles. The Morgan fingerprint density at radius 2 is 2.04 bits per heavy atom. The Kier molecular flexibility index (Phi) is 3.38. The lowest BCUT2D eigenvalue weighted by molar-refractivity contribution is -0.120. The van der Waals surface area contributed by atoms with E-state index in [1.54, 1.807) is 11.1 Å². The van der Waals surface area contributed by atoms with Crippen molar-refractivity contribution in [3.63, 3.8) is 0 Å². The van der Waals surface area contributed by atoms with Gasteiger partial charge in [0.1, 0.15) is 11.6 Å². The standard InChI is InChI=1S/C17H19N5O2/c1-10-5-11(6-12-7-18-8-13(10)12)16-19-9-15(21(16)2)22-4-3-14(23)20-17(22)24/h5-6,9,18H,3-4,7-8H2,1-2H3,(H,20,23,24). The lowest BCUT2D eigenvalue weighted by Crippen LogP contribution is -2.50. The molecule has 1 fully saturated rings. The summed E-state index contributed by atoms with van der Waals surface area (Å²) in [5.41, 5.74) is 4.95. The zero-order valence-corrected chi connectivity index (χ0v) is 13.7. The lowest BCUT2D eigenvalue weighted by Gasteiger charge is -2.26. The zero-order valence-electron chi connectivity index (χ0n) is 13.7. The Bertz CT molecular complexity index is 855. The predicted molar refractivity (Wildman–Crippen MR) is 89.4 cm³/mol. The van der Waals surface area contributed by atoms with Crippen molar-refractivity contribution in [1.82, 2.24) is 20.2 Å². The summed E-state index contributed by atoms with van der Waals surface area (Å²) >= 11 is 0. The van der Waals surface area contributed by atoms with Crippen LogP contribution in [-0.4, -0.2) is 28.0 Å². The number of fused-ring (bicyclic) bond motifs is 1. The molecule has 2 aromatic rings. The second-order valence-corrected chi connectivity index (χ2v) is 6.29.